The van der Waals surface area contributed by atoms with Gasteiger partial charge in [0.2, 0.25) is 0 Å². The van der Waals surface area contributed by atoms with Gasteiger partial charge in [-0.3, -0.25) is 4.79 Å². The standard InChI is InChI=1S/C18H24O4/c1-6-8-12-16(20)15(14(19)10-11(3)4)17(21)13(9-7-2)18(12)22-5/h6-7,11,20-21H,1-2,8-10H2,3-5H3. The van der Waals surface area contributed by atoms with Gasteiger partial charge in [-0.15, -0.1) is 13.2 Å². The molecule has 0 unspecified atom stereocenters. The van der Waals surface area contributed by atoms with Gasteiger partial charge in [0.25, 0.3) is 0 Å². The van der Waals surface area contributed by atoms with Gasteiger partial charge in [0.05, 0.1) is 7.11 Å². The van der Waals surface area contributed by atoms with Crippen LogP contribution in [0.15, 0.2) is 25.3 Å². The summed E-state index contributed by atoms with van der Waals surface area (Å²) in [7, 11) is 1.46. The monoisotopic (exact) mass is 304 g/mol. The van der Waals surface area contributed by atoms with E-state index >= 15 is 0 Å². The summed E-state index contributed by atoms with van der Waals surface area (Å²) in [6.45, 7) is 11.1. The van der Waals surface area contributed by atoms with Crippen LogP contribution in [0, 0.1) is 5.92 Å². The Kier molecular flexibility index (Phi) is 6.23. The summed E-state index contributed by atoms with van der Waals surface area (Å²) in [5, 5.41) is 20.9. The fourth-order valence-corrected chi connectivity index (χ4v) is 2.46. The molecule has 0 saturated heterocycles. The Hall–Kier alpha value is -2.23. The van der Waals surface area contributed by atoms with Crippen LogP contribution in [0.2, 0.25) is 0 Å². The van der Waals surface area contributed by atoms with Gasteiger partial charge >= 0.3 is 0 Å². The Morgan fingerprint density at radius 2 is 1.59 bits per heavy atom. The van der Waals surface area contributed by atoms with Crippen molar-refractivity contribution in [3.8, 4) is 17.2 Å². The number of Topliss-reactive ketones (excluding diaryl/α,β-unsaturated/α-hetero) is 1. The normalized spacial score (nSPS) is 10.5. The molecule has 0 aliphatic rings. The number of benzene rings is 1. The number of allylic oxidation sites excluding steroid dienone is 2. The predicted molar refractivity (Wildman–Crippen MR) is 87.9 cm³/mol. The Morgan fingerprint density at radius 3 is 1.91 bits per heavy atom. The van der Waals surface area contributed by atoms with Crippen molar-refractivity contribution in [2.75, 3.05) is 7.11 Å². The van der Waals surface area contributed by atoms with E-state index in [9.17, 15) is 15.0 Å². The molecule has 4 heteroatoms. The van der Waals surface area contributed by atoms with Gasteiger partial charge in [0.15, 0.2) is 5.78 Å². The van der Waals surface area contributed by atoms with E-state index in [1.807, 2.05) is 13.8 Å². The summed E-state index contributed by atoms with van der Waals surface area (Å²) in [4.78, 5) is 12.4. The van der Waals surface area contributed by atoms with Gasteiger partial charge in [-0.2, -0.15) is 0 Å². The Labute approximate surface area is 131 Å². The number of carbonyl (C=O) groups is 1. The SMILES string of the molecule is C=CCc1c(O)c(C(=O)CC(C)C)c(O)c(CC=C)c1OC. The molecule has 0 saturated carbocycles. The molecule has 0 aliphatic heterocycles. The van der Waals surface area contributed by atoms with Gasteiger partial charge in [-0.25, -0.2) is 0 Å². The van der Waals surface area contributed by atoms with Crippen molar-refractivity contribution in [1.82, 2.24) is 0 Å². The van der Waals surface area contributed by atoms with Crippen LogP contribution in [0.4, 0.5) is 0 Å². The molecule has 0 aliphatic carbocycles. The number of rotatable bonds is 8. The lowest BCUT2D eigenvalue weighted by Crippen LogP contribution is -2.09. The highest BCUT2D eigenvalue weighted by Crippen LogP contribution is 2.44. The van der Waals surface area contributed by atoms with Crippen molar-refractivity contribution in [3.63, 3.8) is 0 Å². The minimum absolute atomic E-state index is 0.0387. The Morgan fingerprint density at radius 1 is 1.14 bits per heavy atom. The number of phenols is 2. The summed E-state index contributed by atoms with van der Waals surface area (Å²) in [5.74, 6) is -0.251. The lowest BCUT2D eigenvalue weighted by molar-refractivity contribution is 0.0962. The van der Waals surface area contributed by atoms with E-state index < -0.39 is 0 Å². The first-order chi connectivity index (χ1) is 10.4. The molecule has 0 spiro atoms. The second-order valence-corrected chi connectivity index (χ2v) is 5.57. The maximum absolute atomic E-state index is 12.4. The summed E-state index contributed by atoms with van der Waals surface area (Å²) in [6, 6.07) is 0. The van der Waals surface area contributed by atoms with Gasteiger partial charge in [0.1, 0.15) is 22.8 Å². The van der Waals surface area contributed by atoms with Crippen LogP contribution in [0.5, 0.6) is 17.2 Å². The average molecular weight is 304 g/mol. The largest absolute Gasteiger partial charge is 0.507 e. The van der Waals surface area contributed by atoms with E-state index in [0.717, 1.165) is 0 Å². The average Bonchev–Trinajstić information content (AvgIpc) is 2.43. The van der Waals surface area contributed by atoms with Crippen molar-refractivity contribution < 1.29 is 19.7 Å². The second kappa shape index (κ2) is 7.69. The van der Waals surface area contributed by atoms with Crippen LogP contribution < -0.4 is 4.74 Å². The number of aromatic hydroxyl groups is 2. The number of ketones is 1. The van der Waals surface area contributed by atoms with Gasteiger partial charge in [-0.05, 0) is 18.8 Å². The zero-order valence-corrected chi connectivity index (χ0v) is 13.5. The third kappa shape index (κ3) is 3.50. The van der Waals surface area contributed by atoms with E-state index in [2.05, 4.69) is 13.2 Å². The van der Waals surface area contributed by atoms with Gasteiger partial charge < -0.3 is 14.9 Å². The summed E-state index contributed by atoms with van der Waals surface area (Å²) in [6.07, 6.45) is 4.14. The van der Waals surface area contributed by atoms with E-state index in [1.165, 1.54) is 7.11 Å². The first kappa shape index (κ1) is 17.8. The fourth-order valence-electron chi connectivity index (χ4n) is 2.46. The summed E-state index contributed by atoms with van der Waals surface area (Å²) >= 11 is 0. The minimum atomic E-state index is -0.289. The highest BCUT2D eigenvalue weighted by Gasteiger charge is 2.27. The van der Waals surface area contributed by atoms with E-state index in [1.54, 1.807) is 12.2 Å². The molecule has 120 valence electrons. The molecule has 1 aromatic carbocycles. The van der Waals surface area contributed by atoms with Crippen LogP contribution in [-0.2, 0) is 12.8 Å². The summed E-state index contributed by atoms with van der Waals surface area (Å²) in [5.41, 5.74) is 0.877. The number of phenolic OH excluding ortho intramolecular Hbond substituents is 2. The van der Waals surface area contributed by atoms with Crippen molar-refractivity contribution in [2.45, 2.75) is 33.1 Å². The molecule has 1 rings (SSSR count). The topological polar surface area (TPSA) is 66.8 Å². The third-order valence-electron chi connectivity index (χ3n) is 3.37. The lowest BCUT2D eigenvalue weighted by Gasteiger charge is -2.19. The smallest absolute Gasteiger partial charge is 0.170 e. The van der Waals surface area contributed by atoms with Crippen molar-refractivity contribution in [1.29, 1.82) is 0 Å². The lowest BCUT2D eigenvalue weighted by atomic mass is 9.92. The van der Waals surface area contributed by atoms with Crippen LogP contribution in [-0.4, -0.2) is 23.1 Å². The molecule has 0 bridgehead atoms. The number of methoxy groups -OCH3 is 1. The number of ether oxygens (including phenoxy) is 1. The van der Waals surface area contributed by atoms with Crippen molar-refractivity contribution in [3.05, 3.63) is 42.0 Å². The molecule has 2 N–H and O–H groups in total. The van der Waals surface area contributed by atoms with Gasteiger partial charge in [0, 0.05) is 17.5 Å². The molecule has 0 amide bonds. The zero-order valence-electron chi connectivity index (χ0n) is 13.5. The minimum Gasteiger partial charge on any atom is -0.507 e. The first-order valence-electron chi connectivity index (χ1n) is 7.27. The molecule has 1 aromatic rings. The van der Waals surface area contributed by atoms with E-state index in [-0.39, 0.29) is 35.2 Å². The third-order valence-corrected chi connectivity index (χ3v) is 3.37. The van der Waals surface area contributed by atoms with Crippen LogP contribution in [0.25, 0.3) is 0 Å². The Bertz CT molecular complexity index is 548. The second-order valence-electron chi connectivity index (χ2n) is 5.57. The van der Waals surface area contributed by atoms with Crippen LogP contribution in [0.3, 0.4) is 0 Å². The molecule has 0 fully saturated rings. The van der Waals surface area contributed by atoms with E-state index in [0.29, 0.717) is 29.7 Å². The molecule has 4 nitrogen and oxygen atoms in total. The van der Waals surface area contributed by atoms with Crippen molar-refractivity contribution >= 4 is 5.78 Å². The highest BCUT2D eigenvalue weighted by atomic mass is 16.5. The predicted octanol–water partition coefficient (Wildman–Crippen LogP) is 3.79. The van der Waals surface area contributed by atoms with Crippen molar-refractivity contribution in [2.24, 2.45) is 5.92 Å². The highest BCUT2D eigenvalue weighted by molar-refractivity contribution is 6.02. The van der Waals surface area contributed by atoms with Crippen LogP contribution in [0.1, 0.15) is 41.8 Å². The quantitative estimate of drug-likeness (QED) is 0.566. The number of hydrogen-bond donors (Lipinski definition) is 2. The van der Waals surface area contributed by atoms with Crippen LogP contribution >= 0.6 is 0 Å². The van der Waals surface area contributed by atoms with Gasteiger partial charge in [-0.1, -0.05) is 26.0 Å². The maximum Gasteiger partial charge on any atom is 0.170 e. The first-order valence-corrected chi connectivity index (χ1v) is 7.27. The number of carbonyl (C=O) groups excluding carboxylic acids is 1. The number of hydrogen-bond acceptors (Lipinski definition) is 4. The maximum atomic E-state index is 12.4. The fraction of sp³-hybridized carbons (Fsp3) is 0.389. The molecule has 0 atom stereocenters. The summed E-state index contributed by atoms with van der Waals surface area (Å²) < 4.78 is 5.33. The molecule has 0 aromatic heterocycles. The molecular weight excluding hydrogens is 280 g/mol. The Balaban J connectivity index is 3.65. The zero-order chi connectivity index (χ0) is 16.9. The molecule has 0 radical (unpaired) electrons. The molecule has 22 heavy (non-hydrogen) atoms. The van der Waals surface area contributed by atoms with E-state index in [4.69, 9.17) is 4.74 Å². The molecular formula is C18H24O4. The molecule has 0 heterocycles.